The summed E-state index contributed by atoms with van der Waals surface area (Å²) in [7, 11) is -7.22. The van der Waals surface area contributed by atoms with Crippen molar-refractivity contribution in [3.05, 3.63) is 41.8 Å². The third-order valence-electron chi connectivity index (χ3n) is 4.34. The molecule has 1 aromatic carbocycles. The molecule has 6 nitrogen and oxygen atoms in total. The lowest BCUT2D eigenvalue weighted by Crippen LogP contribution is -2.42. The largest absolute Gasteiger partial charge is 0.279 e. The first-order valence-electron chi connectivity index (χ1n) is 8.35. The van der Waals surface area contributed by atoms with Crippen LogP contribution in [0.5, 0.6) is 0 Å². The number of nitrogens with zero attached hydrogens (tertiary/aromatic N) is 1. The fourth-order valence-corrected chi connectivity index (χ4v) is 7.00. The van der Waals surface area contributed by atoms with Gasteiger partial charge in [0.15, 0.2) is 0 Å². The van der Waals surface area contributed by atoms with Crippen LogP contribution in [0.25, 0.3) is 0 Å². The third-order valence-corrected chi connectivity index (χ3v) is 8.96. The van der Waals surface area contributed by atoms with E-state index < -0.39 is 20.0 Å². The highest BCUT2D eigenvalue weighted by Gasteiger charge is 2.31. The Kier molecular flexibility index (Phi) is 5.43. The number of rotatable bonds is 5. The van der Waals surface area contributed by atoms with Crippen LogP contribution in [0.2, 0.25) is 0 Å². The van der Waals surface area contributed by atoms with Crippen LogP contribution in [-0.4, -0.2) is 34.2 Å². The Bertz CT molecular complexity index is 942. The molecule has 1 N–H and O–H groups in total. The number of sulfonamides is 2. The maximum Gasteiger partial charge on any atom is 0.271 e. The summed E-state index contributed by atoms with van der Waals surface area (Å²) in [6.07, 6.45) is 1.02. The fraction of sp³-hybridized carbons (Fsp3) is 0.412. The molecule has 0 amide bonds. The van der Waals surface area contributed by atoms with Gasteiger partial charge in [0.05, 0.1) is 4.90 Å². The average molecular weight is 415 g/mol. The Morgan fingerprint density at radius 3 is 2.15 bits per heavy atom. The molecule has 2 unspecified atom stereocenters. The highest BCUT2D eigenvalue weighted by atomic mass is 32.2. The molecule has 1 aliphatic heterocycles. The number of hydrogen-bond acceptors (Lipinski definition) is 5. The van der Waals surface area contributed by atoms with E-state index in [1.807, 2.05) is 0 Å². The second-order valence-electron chi connectivity index (χ2n) is 6.83. The molecule has 0 saturated carbocycles. The van der Waals surface area contributed by atoms with Crippen molar-refractivity contribution in [2.24, 2.45) is 11.8 Å². The number of piperidine rings is 1. The topological polar surface area (TPSA) is 83.6 Å². The van der Waals surface area contributed by atoms with Gasteiger partial charge in [0.2, 0.25) is 10.0 Å². The molecular weight excluding hydrogens is 392 g/mol. The Labute approximate surface area is 159 Å². The minimum atomic E-state index is -3.64. The van der Waals surface area contributed by atoms with Gasteiger partial charge in [-0.3, -0.25) is 4.72 Å². The molecule has 2 heterocycles. The maximum absolute atomic E-state index is 12.9. The van der Waals surface area contributed by atoms with Gasteiger partial charge in [-0.05, 0) is 54.0 Å². The molecule has 1 saturated heterocycles. The molecule has 26 heavy (non-hydrogen) atoms. The SMILES string of the molecule is CC1CC(C)CN(S(=O)(=O)c2ccc(NS(=O)(=O)c3cccs3)cc2)C1. The third kappa shape index (κ3) is 4.11. The van der Waals surface area contributed by atoms with Crippen molar-refractivity contribution in [1.29, 1.82) is 0 Å². The van der Waals surface area contributed by atoms with Crippen LogP contribution in [0.4, 0.5) is 5.69 Å². The summed E-state index contributed by atoms with van der Waals surface area (Å²) in [5.41, 5.74) is 0.331. The van der Waals surface area contributed by atoms with E-state index in [4.69, 9.17) is 0 Å². The zero-order valence-corrected chi connectivity index (χ0v) is 17.1. The highest BCUT2D eigenvalue weighted by Crippen LogP contribution is 2.27. The predicted octanol–water partition coefficient (Wildman–Crippen LogP) is 3.22. The van der Waals surface area contributed by atoms with Gasteiger partial charge in [0, 0.05) is 18.8 Å². The van der Waals surface area contributed by atoms with Gasteiger partial charge in [-0.2, -0.15) is 4.31 Å². The van der Waals surface area contributed by atoms with Gasteiger partial charge < -0.3 is 0 Å². The summed E-state index contributed by atoms with van der Waals surface area (Å²) in [5, 5.41) is 1.69. The highest BCUT2D eigenvalue weighted by molar-refractivity contribution is 7.94. The lowest BCUT2D eigenvalue weighted by Gasteiger charge is -2.34. The van der Waals surface area contributed by atoms with Gasteiger partial charge in [-0.15, -0.1) is 11.3 Å². The second-order valence-corrected chi connectivity index (χ2v) is 11.6. The smallest absolute Gasteiger partial charge is 0.271 e. The quantitative estimate of drug-likeness (QED) is 0.814. The molecule has 1 aromatic heterocycles. The first-order valence-corrected chi connectivity index (χ1v) is 12.2. The van der Waals surface area contributed by atoms with Crippen molar-refractivity contribution in [3.8, 4) is 0 Å². The molecule has 142 valence electrons. The van der Waals surface area contributed by atoms with E-state index >= 15 is 0 Å². The molecule has 1 fully saturated rings. The van der Waals surface area contributed by atoms with E-state index in [1.54, 1.807) is 11.4 Å². The number of anilines is 1. The van der Waals surface area contributed by atoms with E-state index in [-0.39, 0.29) is 9.10 Å². The molecule has 0 radical (unpaired) electrons. The Balaban J connectivity index is 1.79. The number of benzene rings is 1. The molecular formula is C17H22N2O4S3. The Morgan fingerprint density at radius 1 is 1.00 bits per heavy atom. The molecule has 2 atom stereocenters. The van der Waals surface area contributed by atoms with Crippen molar-refractivity contribution < 1.29 is 16.8 Å². The zero-order valence-electron chi connectivity index (χ0n) is 14.6. The zero-order chi connectivity index (χ0) is 18.9. The van der Waals surface area contributed by atoms with Crippen molar-refractivity contribution in [3.63, 3.8) is 0 Å². The van der Waals surface area contributed by atoms with Gasteiger partial charge >= 0.3 is 0 Å². The maximum atomic E-state index is 12.9. The van der Waals surface area contributed by atoms with Gasteiger partial charge in [0.25, 0.3) is 10.0 Å². The second kappa shape index (κ2) is 7.30. The summed E-state index contributed by atoms with van der Waals surface area (Å²) in [6, 6.07) is 9.04. The van der Waals surface area contributed by atoms with Crippen LogP contribution in [-0.2, 0) is 20.0 Å². The van der Waals surface area contributed by atoms with Crippen molar-refractivity contribution in [1.82, 2.24) is 4.31 Å². The van der Waals surface area contributed by atoms with E-state index in [0.717, 1.165) is 17.8 Å². The van der Waals surface area contributed by atoms with Crippen LogP contribution >= 0.6 is 11.3 Å². The molecule has 1 aliphatic rings. The molecule has 2 aromatic rings. The molecule has 0 bridgehead atoms. The lowest BCUT2D eigenvalue weighted by atomic mass is 9.94. The Morgan fingerprint density at radius 2 is 1.62 bits per heavy atom. The average Bonchev–Trinajstić information content (AvgIpc) is 3.09. The van der Waals surface area contributed by atoms with Gasteiger partial charge in [-0.1, -0.05) is 19.9 Å². The summed E-state index contributed by atoms with van der Waals surface area (Å²) in [4.78, 5) is 0.179. The lowest BCUT2D eigenvalue weighted by molar-refractivity contribution is 0.222. The van der Waals surface area contributed by atoms with Crippen LogP contribution in [0.15, 0.2) is 50.9 Å². The molecule has 3 rings (SSSR count). The minimum absolute atomic E-state index is 0.179. The minimum Gasteiger partial charge on any atom is -0.279 e. The number of thiophene rings is 1. The van der Waals surface area contributed by atoms with Crippen molar-refractivity contribution in [2.75, 3.05) is 17.8 Å². The number of hydrogen-bond donors (Lipinski definition) is 1. The van der Waals surface area contributed by atoms with Crippen LogP contribution in [0, 0.1) is 11.8 Å². The monoisotopic (exact) mass is 414 g/mol. The summed E-state index contributed by atoms with van der Waals surface area (Å²) in [6.45, 7) is 5.14. The first-order chi connectivity index (χ1) is 12.2. The standard InChI is InChI=1S/C17H22N2O4S3/c1-13-10-14(2)12-19(11-13)26(22,23)16-7-5-15(6-8-16)18-25(20,21)17-4-3-9-24-17/h3-9,13-14,18H,10-12H2,1-2H3. The fourth-order valence-electron chi connectivity index (χ4n) is 3.27. The molecule has 0 spiro atoms. The normalized spacial score (nSPS) is 22.2. The van der Waals surface area contributed by atoms with E-state index in [0.29, 0.717) is 30.6 Å². The van der Waals surface area contributed by atoms with Crippen LogP contribution < -0.4 is 4.72 Å². The van der Waals surface area contributed by atoms with Crippen LogP contribution in [0.1, 0.15) is 20.3 Å². The number of nitrogens with one attached hydrogen (secondary N) is 1. The van der Waals surface area contributed by atoms with Crippen molar-refractivity contribution in [2.45, 2.75) is 29.4 Å². The van der Waals surface area contributed by atoms with E-state index in [2.05, 4.69) is 18.6 Å². The van der Waals surface area contributed by atoms with Crippen molar-refractivity contribution >= 4 is 37.1 Å². The summed E-state index contributed by atoms with van der Waals surface area (Å²) >= 11 is 1.12. The predicted molar refractivity (Wildman–Crippen MR) is 103 cm³/mol. The van der Waals surface area contributed by atoms with E-state index in [1.165, 1.54) is 34.6 Å². The summed E-state index contributed by atoms with van der Waals surface area (Å²) < 4.78 is 54.4. The summed E-state index contributed by atoms with van der Waals surface area (Å²) in [5.74, 6) is 0.649. The molecule has 0 aliphatic carbocycles. The Hall–Kier alpha value is -1.42. The molecule has 9 heteroatoms. The first kappa shape index (κ1) is 19.3. The van der Waals surface area contributed by atoms with Crippen LogP contribution in [0.3, 0.4) is 0 Å². The van der Waals surface area contributed by atoms with E-state index in [9.17, 15) is 16.8 Å². The van der Waals surface area contributed by atoms with Gasteiger partial charge in [0.1, 0.15) is 4.21 Å². The van der Waals surface area contributed by atoms with Gasteiger partial charge in [-0.25, -0.2) is 16.8 Å².